The zero-order valence-corrected chi connectivity index (χ0v) is 19.5. The molecule has 1 aliphatic heterocycles. The third kappa shape index (κ3) is 4.70. The van der Waals surface area contributed by atoms with Crippen molar-refractivity contribution in [1.29, 1.82) is 0 Å². The Hall–Kier alpha value is -3.57. The summed E-state index contributed by atoms with van der Waals surface area (Å²) in [6.45, 7) is -0.206. The highest BCUT2D eigenvalue weighted by Crippen LogP contribution is 2.28. The van der Waals surface area contributed by atoms with Crippen LogP contribution in [0.4, 0.5) is 5.69 Å². The minimum Gasteiger partial charge on any atom is -0.350 e. The van der Waals surface area contributed by atoms with E-state index < -0.39 is 36.9 Å². The average Bonchev–Trinajstić information content (AvgIpc) is 3.12. The lowest BCUT2D eigenvalue weighted by Gasteiger charge is -2.19. The molecule has 1 N–H and O–H groups in total. The van der Waals surface area contributed by atoms with Crippen LogP contribution in [-0.4, -0.2) is 45.9 Å². The minimum absolute atomic E-state index is 0.0871. The molecule has 0 radical (unpaired) electrons. The Morgan fingerprint density at radius 1 is 1.03 bits per heavy atom. The monoisotopic (exact) mass is 499 g/mol. The molecule has 0 saturated carbocycles. The first kappa shape index (κ1) is 23.6. The van der Waals surface area contributed by atoms with Crippen molar-refractivity contribution in [2.45, 2.75) is 16.6 Å². The van der Waals surface area contributed by atoms with E-state index in [-0.39, 0.29) is 34.9 Å². The Balaban J connectivity index is 1.54. The predicted molar refractivity (Wildman–Crippen MR) is 125 cm³/mol. The van der Waals surface area contributed by atoms with E-state index in [1.54, 1.807) is 30.3 Å². The third-order valence-corrected chi connectivity index (χ3v) is 9.20. The smallest absolute Gasteiger partial charge is 0.251 e. The molecule has 2 heterocycles. The summed E-state index contributed by atoms with van der Waals surface area (Å²) in [5.74, 6) is -1.32. The Bertz CT molecular complexity index is 1410. The van der Waals surface area contributed by atoms with Crippen LogP contribution in [0.2, 0.25) is 0 Å². The Kier molecular flexibility index (Phi) is 6.49. The summed E-state index contributed by atoms with van der Waals surface area (Å²) in [6.07, 6.45) is 2.89. The fourth-order valence-electron chi connectivity index (χ4n) is 3.65. The van der Waals surface area contributed by atoms with Gasteiger partial charge < -0.3 is 5.32 Å². The zero-order valence-electron chi connectivity index (χ0n) is 17.9. The van der Waals surface area contributed by atoms with Gasteiger partial charge in [0.15, 0.2) is 9.84 Å². The molecule has 2 amide bonds. The number of aromatic nitrogens is 1. The van der Waals surface area contributed by atoms with Crippen molar-refractivity contribution in [2.75, 3.05) is 16.6 Å². The number of hydrogen-bond acceptors (Lipinski definition) is 7. The number of hydrogen-bond donors (Lipinski definition) is 1. The van der Waals surface area contributed by atoms with Gasteiger partial charge in [-0.1, -0.05) is 24.3 Å². The highest BCUT2D eigenvalue weighted by molar-refractivity contribution is 7.94. The van der Waals surface area contributed by atoms with E-state index in [4.69, 9.17) is 0 Å². The molecule has 11 heteroatoms. The second-order valence-electron chi connectivity index (χ2n) is 7.61. The molecule has 1 fully saturated rings. The van der Waals surface area contributed by atoms with E-state index in [1.165, 1.54) is 48.8 Å². The second kappa shape index (κ2) is 9.35. The molecule has 0 spiro atoms. The highest BCUT2D eigenvalue weighted by Gasteiger charge is 2.36. The van der Waals surface area contributed by atoms with Gasteiger partial charge in [-0.2, -0.15) is 0 Å². The summed E-state index contributed by atoms with van der Waals surface area (Å²) in [7, 11) is -7.54. The predicted octanol–water partition coefficient (Wildman–Crippen LogP) is 2.09. The van der Waals surface area contributed by atoms with Gasteiger partial charge in [0.25, 0.3) is 5.91 Å². The van der Waals surface area contributed by atoms with Crippen molar-refractivity contribution in [3.05, 3.63) is 90.3 Å². The summed E-state index contributed by atoms with van der Waals surface area (Å²) in [6, 6.07) is 16.7. The topological polar surface area (TPSA) is 131 Å². The van der Waals surface area contributed by atoms with Crippen LogP contribution in [0.15, 0.2) is 84.0 Å². The summed E-state index contributed by atoms with van der Waals surface area (Å²) < 4.78 is 51.5. The number of nitrogens with one attached hydrogen (secondary N) is 1. The van der Waals surface area contributed by atoms with Gasteiger partial charge in [-0.3, -0.25) is 14.6 Å². The number of carbonyl (C=O) groups is 2. The van der Waals surface area contributed by atoms with Crippen molar-refractivity contribution in [3.8, 4) is 0 Å². The molecule has 34 heavy (non-hydrogen) atoms. The molecule has 176 valence electrons. The van der Waals surface area contributed by atoms with Crippen LogP contribution in [0.1, 0.15) is 27.6 Å². The summed E-state index contributed by atoms with van der Waals surface area (Å²) in [5.41, 5.74) is 0.772. The normalized spacial score (nSPS) is 16.2. The fourth-order valence-corrected chi connectivity index (χ4v) is 6.78. The largest absolute Gasteiger partial charge is 0.350 e. The van der Waals surface area contributed by atoms with Crippen molar-refractivity contribution < 1.29 is 26.4 Å². The quantitative estimate of drug-likeness (QED) is 0.527. The maximum atomic E-state index is 13.3. The van der Waals surface area contributed by atoms with E-state index in [9.17, 15) is 26.4 Å². The van der Waals surface area contributed by atoms with Crippen LogP contribution in [0.3, 0.4) is 0 Å². The molecular formula is C23H21N3O6S2. The molecule has 2 aromatic carbocycles. The standard InChI is InChI=1S/C23H21N3O6S2/c27-22-12-14-33(29,30)26(22)19-10-8-17(9-11-19)23(28)25-16-21(18-5-4-13-24-15-18)34(31,32)20-6-2-1-3-7-20/h1-11,13,15,21H,12,14,16H2,(H,25,28)/t21-/m1/s1. The number of nitrogens with zero attached hydrogens (tertiary/aromatic N) is 2. The summed E-state index contributed by atoms with van der Waals surface area (Å²) in [4.78, 5) is 28.8. The van der Waals surface area contributed by atoms with Gasteiger partial charge in [-0.15, -0.1) is 0 Å². The zero-order chi connectivity index (χ0) is 24.3. The number of anilines is 1. The Morgan fingerprint density at radius 2 is 1.74 bits per heavy atom. The van der Waals surface area contributed by atoms with Crippen LogP contribution in [-0.2, 0) is 24.7 Å². The lowest BCUT2D eigenvalue weighted by atomic mass is 10.1. The van der Waals surface area contributed by atoms with Crippen molar-refractivity contribution in [3.63, 3.8) is 0 Å². The van der Waals surface area contributed by atoms with E-state index in [0.29, 0.717) is 5.56 Å². The Labute approximate surface area is 197 Å². The fraction of sp³-hybridized carbons (Fsp3) is 0.174. The van der Waals surface area contributed by atoms with Gasteiger partial charge >= 0.3 is 0 Å². The number of sulfone groups is 1. The Morgan fingerprint density at radius 3 is 2.32 bits per heavy atom. The second-order valence-corrected chi connectivity index (χ2v) is 11.7. The maximum Gasteiger partial charge on any atom is 0.251 e. The molecule has 1 aromatic heterocycles. The van der Waals surface area contributed by atoms with Crippen molar-refractivity contribution >= 4 is 37.4 Å². The van der Waals surface area contributed by atoms with E-state index in [1.807, 2.05) is 0 Å². The SMILES string of the molecule is O=C(NC[C@H](c1cccnc1)S(=O)(=O)c1ccccc1)c1ccc(N2C(=O)CCS2(=O)=O)cc1. The first-order valence-electron chi connectivity index (χ1n) is 10.3. The molecule has 0 bridgehead atoms. The lowest BCUT2D eigenvalue weighted by Crippen LogP contribution is -2.32. The third-order valence-electron chi connectivity index (χ3n) is 5.39. The van der Waals surface area contributed by atoms with Gasteiger partial charge in [-0.25, -0.2) is 21.1 Å². The molecule has 3 aromatic rings. The highest BCUT2D eigenvalue weighted by atomic mass is 32.2. The van der Waals surface area contributed by atoms with E-state index >= 15 is 0 Å². The van der Waals surface area contributed by atoms with Gasteiger partial charge in [-0.05, 0) is 48.0 Å². The molecule has 9 nitrogen and oxygen atoms in total. The molecule has 0 aliphatic carbocycles. The molecule has 4 rings (SSSR count). The number of benzene rings is 2. The lowest BCUT2D eigenvalue weighted by molar-refractivity contribution is -0.116. The van der Waals surface area contributed by atoms with Crippen molar-refractivity contribution in [2.24, 2.45) is 0 Å². The molecule has 0 unspecified atom stereocenters. The van der Waals surface area contributed by atoms with Crippen LogP contribution >= 0.6 is 0 Å². The number of carbonyl (C=O) groups excluding carboxylic acids is 2. The minimum atomic E-state index is -3.83. The molecular weight excluding hydrogens is 478 g/mol. The first-order valence-corrected chi connectivity index (χ1v) is 13.5. The number of pyridine rings is 1. The van der Waals surface area contributed by atoms with Crippen LogP contribution in [0, 0.1) is 0 Å². The van der Waals surface area contributed by atoms with Crippen LogP contribution in [0.5, 0.6) is 0 Å². The summed E-state index contributed by atoms with van der Waals surface area (Å²) >= 11 is 0. The van der Waals surface area contributed by atoms with Gasteiger partial charge in [0, 0.05) is 30.9 Å². The first-order chi connectivity index (χ1) is 16.2. The van der Waals surface area contributed by atoms with E-state index in [2.05, 4.69) is 10.3 Å². The van der Waals surface area contributed by atoms with Crippen LogP contribution < -0.4 is 9.62 Å². The number of rotatable bonds is 7. The number of sulfonamides is 1. The molecule has 1 saturated heterocycles. The van der Waals surface area contributed by atoms with Crippen molar-refractivity contribution in [1.82, 2.24) is 10.3 Å². The van der Waals surface area contributed by atoms with Gasteiger partial charge in [0.1, 0.15) is 5.25 Å². The van der Waals surface area contributed by atoms with E-state index in [0.717, 1.165) is 4.31 Å². The number of amides is 2. The maximum absolute atomic E-state index is 13.3. The molecule has 1 atom stereocenters. The average molecular weight is 500 g/mol. The van der Waals surface area contributed by atoms with Crippen LogP contribution in [0.25, 0.3) is 0 Å². The van der Waals surface area contributed by atoms with Gasteiger partial charge in [0.05, 0.1) is 16.3 Å². The van der Waals surface area contributed by atoms with Gasteiger partial charge in [0.2, 0.25) is 15.9 Å². The molecule has 1 aliphatic rings. The summed E-state index contributed by atoms with van der Waals surface area (Å²) in [5, 5.41) is 1.57.